The second-order valence-corrected chi connectivity index (χ2v) is 5.50. The number of carbonyl (C=O) groups is 1. The van der Waals surface area contributed by atoms with Crippen molar-refractivity contribution in [1.29, 1.82) is 0 Å². The molecule has 0 unspecified atom stereocenters. The predicted octanol–water partition coefficient (Wildman–Crippen LogP) is 2.53. The fourth-order valence-electron chi connectivity index (χ4n) is 3.37. The van der Waals surface area contributed by atoms with E-state index in [9.17, 15) is 4.79 Å². The number of fused-ring (bicyclic) bond motifs is 3. The molecule has 3 rings (SSSR count). The monoisotopic (exact) mass is 317 g/mol. The maximum Gasteiger partial charge on any atom is 0.319 e. The van der Waals surface area contributed by atoms with Gasteiger partial charge in [-0.05, 0) is 38.6 Å². The summed E-state index contributed by atoms with van der Waals surface area (Å²) in [7, 11) is 2.14. The number of anilines is 1. The Balaban J connectivity index is 0.000001000. The van der Waals surface area contributed by atoms with Crippen LogP contribution >= 0.6 is 24.8 Å². The van der Waals surface area contributed by atoms with Crippen LogP contribution in [0.2, 0.25) is 0 Å². The Bertz CT molecular complexity index is 509. The molecule has 0 aliphatic carbocycles. The van der Waals surface area contributed by atoms with Gasteiger partial charge in [-0.2, -0.15) is 0 Å². The van der Waals surface area contributed by atoms with Crippen LogP contribution in [0.15, 0.2) is 18.2 Å². The minimum Gasteiger partial charge on any atom is -0.351 e. The van der Waals surface area contributed by atoms with Crippen molar-refractivity contribution in [3.8, 4) is 0 Å². The second-order valence-electron chi connectivity index (χ2n) is 5.50. The normalized spacial score (nSPS) is 24.2. The minimum atomic E-state index is -0.322. The third kappa shape index (κ3) is 2.60. The molecule has 0 radical (unpaired) electrons. The van der Waals surface area contributed by atoms with Gasteiger partial charge in [0.2, 0.25) is 0 Å². The lowest BCUT2D eigenvalue weighted by molar-refractivity contribution is 0.223. The fraction of sp³-hybridized carbons (Fsp3) is 0.500. The molecule has 1 fully saturated rings. The summed E-state index contributed by atoms with van der Waals surface area (Å²) in [5, 5.41) is 0. The summed E-state index contributed by atoms with van der Waals surface area (Å²) in [5.41, 5.74) is 9.10. The van der Waals surface area contributed by atoms with Gasteiger partial charge in [-0.1, -0.05) is 17.7 Å². The van der Waals surface area contributed by atoms with Gasteiger partial charge in [0, 0.05) is 24.2 Å². The number of rotatable bonds is 0. The number of halogens is 2. The molecule has 0 bridgehead atoms. The van der Waals surface area contributed by atoms with E-state index in [1.807, 2.05) is 6.07 Å². The van der Waals surface area contributed by atoms with Crippen LogP contribution in [0.1, 0.15) is 23.5 Å². The molecular formula is C14H21Cl2N3O. The van der Waals surface area contributed by atoms with Crippen molar-refractivity contribution in [3.05, 3.63) is 29.3 Å². The summed E-state index contributed by atoms with van der Waals surface area (Å²) < 4.78 is 0. The number of likely N-dealkylation sites (tertiary alicyclic amines) is 1. The average Bonchev–Trinajstić information content (AvgIpc) is 2.62. The van der Waals surface area contributed by atoms with Crippen LogP contribution in [-0.4, -0.2) is 37.1 Å². The number of carbonyl (C=O) groups excluding carboxylic acids is 1. The van der Waals surface area contributed by atoms with E-state index in [1.165, 1.54) is 11.1 Å². The van der Waals surface area contributed by atoms with Crippen molar-refractivity contribution in [1.82, 2.24) is 4.90 Å². The summed E-state index contributed by atoms with van der Waals surface area (Å²) in [6.07, 6.45) is 0.998. The summed E-state index contributed by atoms with van der Waals surface area (Å²) >= 11 is 0. The standard InChI is InChI=1S/C14H19N3O.2ClH/c1-9-3-4-12-10(7-9)11-8-16(2)6-5-13(11)17(12)14(15)18;;/h3-4,7,11,13H,5-6,8H2,1-2H3,(H2,15,18);2*1H/t11-,13-;;/m1../s1. The molecule has 2 aliphatic heterocycles. The molecule has 2 atom stereocenters. The average molecular weight is 318 g/mol. The molecule has 1 saturated heterocycles. The Morgan fingerprint density at radius 1 is 1.35 bits per heavy atom. The molecule has 4 nitrogen and oxygen atoms in total. The second kappa shape index (κ2) is 6.20. The fourth-order valence-corrected chi connectivity index (χ4v) is 3.37. The first-order valence-corrected chi connectivity index (χ1v) is 6.45. The van der Waals surface area contributed by atoms with Crippen molar-refractivity contribution in [3.63, 3.8) is 0 Å². The number of benzene rings is 1. The maximum absolute atomic E-state index is 11.7. The zero-order valence-corrected chi connectivity index (χ0v) is 13.3. The lowest BCUT2D eigenvalue weighted by Crippen LogP contribution is -2.48. The molecule has 20 heavy (non-hydrogen) atoms. The highest BCUT2D eigenvalue weighted by Gasteiger charge is 2.43. The number of likely N-dealkylation sites (N-methyl/N-ethyl adjacent to an activating group) is 1. The Kier molecular flexibility index (Phi) is 5.30. The quantitative estimate of drug-likeness (QED) is 0.799. The summed E-state index contributed by atoms with van der Waals surface area (Å²) in [5.74, 6) is 0.408. The van der Waals surface area contributed by atoms with Gasteiger partial charge in [0.05, 0.1) is 0 Å². The van der Waals surface area contributed by atoms with E-state index in [0.29, 0.717) is 5.92 Å². The molecule has 2 N–H and O–H groups in total. The van der Waals surface area contributed by atoms with Crippen LogP contribution in [0.3, 0.4) is 0 Å². The number of amides is 2. The first-order chi connectivity index (χ1) is 8.58. The van der Waals surface area contributed by atoms with Gasteiger partial charge in [-0.25, -0.2) is 4.79 Å². The van der Waals surface area contributed by atoms with Crippen molar-refractivity contribution >= 4 is 36.5 Å². The lowest BCUT2D eigenvalue weighted by Gasteiger charge is -2.35. The predicted molar refractivity (Wildman–Crippen MR) is 86.4 cm³/mol. The van der Waals surface area contributed by atoms with Gasteiger partial charge in [0.25, 0.3) is 0 Å². The SMILES string of the molecule is Cc1ccc2c(c1)[C@H]1CN(C)CC[C@H]1N2C(N)=O.Cl.Cl. The van der Waals surface area contributed by atoms with E-state index in [2.05, 4.69) is 31.0 Å². The van der Waals surface area contributed by atoms with Crippen LogP contribution in [0.4, 0.5) is 10.5 Å². The van der Waals surface area contributed by atoms with Gasteiger partial charge >= 0.3 is 6.03 Å². The van der Waals surface area contributed by atoms with E-state index >= 15 is 0 Å². The molecule has 2 amide bonds. The first kappa shape index (κ1) is 17.1. The van der Waals surface area contributed by atoms with E-state index in [4.69, 9.17) is 5.73 Å². The third-order valence-corrected chi connectivity index (χ3v) is 4.19. The molecule has 2 heterocycles. The van der Waals surface area contributed by atoms with Crippen LogP contribution in [0.5, 0.6) is 0 Å². The van der Waals surface area contributed by atoms with Crippen molar-refractivity contribution < 1.29 is 4.79 Å². The molecule has 2 aliphatic rings. The zero-order chi connectivity index (χ0) is 12.9. The number of piperidine rings is 1. The topological polar surface area (TPSA) is 49.6 Å². The number of hydrogen-bond acceptors (Lipinski definition) is 2. The Labute approximate surface area is 132 Å². The van der Waals surface area contributed by atoms with Crippen LogP contribution in [0, 0.1) is 6.92 Å². The Morgan fingerprint density at radius 2 is 2.05 bits per heavy atom. The molecular weight excluding hydrogens is 297 g/mol. The molecule has 1 aromatic carbocycles. The summed E-state index contributed by atoms with van der Waals surface area (Å²) in [4.78, 5) is 15.8. The smallest absolute Gasteiger partial charge is 0.319 e. The maximum atomic E-state index is 11.7. The summed E-state index contributed by atoms with van der Waals surface area (Å²) in [6.45, 7) is 4.12. The Hall–Kier alpha value is -0.970. The molecule has 1 aromatic rings. The largest absolute Gasteiger partial charge is 0.351 e. The number of hydrogen-bond donors (Lipinski definition) is 1. The lowest BCUT2D eigenvalue weighted by atomic mass is 9.89. The highest BCUT2D eigenvalue weighted by Crippen LogP contribution is 2.44. The first-order valence-electron chi connectivity index (χ1n) is 6.45. The molecule has 0 spiro atoms. The number of primary amides is 1. The van der Waals surface area contributed by atoms with Gasteiger partial charge in [-0.3, -0.25) is 4.90 Å². The number of aryl methyl sites for hydroxylation is 1. The number of nitrogens with two attached hydrogens (primary N) is 1. The van der Waals surface area contributed by atoms with Gasteiger partial charge in [0.1, 0.15) is 0 Å². The van der Waals surface area contributed by atoms with Gasteiger partial charge < -0.3 is 10.6 Å². The molecule has 0 aromatic heterocycles. The van der Waals surface area contributed by atoms with Gasteiger partial charge in [-0.15, -0.1) is 24.8 Å². The van der Waals surface area contributed by atoms with E-state index < -0.39 is 0 Å². The molecule has 6 heteroatoms. The van der Waals surface area contributed by atoms with Crippen LogP contribution < -0.4 is 10.6 Å². The Morgan fingerprint density at radius 3 is 2.70 bits per heavy atom. The van der Waals surface area contributed by atoms with E-state index in [-0.39, 0.29) is 36.9 Å². The van der Waals surface area contributed by atoms with Gasteiger partial charge in [0.15, 0.2) is 0 Å². The van der Waals surface area contributed by atoms with E-state index in [1.54, 1.807) is 4.90 Å². The van der Waals surface area contributed by atoms with Crippen LogP contribution in [0.25, 0.3) is 0 Å². The summed E-state index contributed by atoms with van der Waals surface area (Å²) in [6, 6.07) is 6.21. The van der Waals surface area contributed by atoms with Crippen LogP contribution in [-0.2, 0) is 0 Å². The van der Waals surface area contributed by atoms with E-state index in [0.717, 1.165) is 25.2 Å². The minimum absolute atomic E-state index is 0. The highest BCUT2D eigenvalue weighted by molar-refractivity contribution is 5.94. The van der Waals surface area contributed by atoms with Crippen molar-refractivity contribution in [2.24, 2.45) is 5.73 Å². The molecule has 112 valence electrons. The third-order valence-electron chi connectivity index (χ3n) is 4.19. The number of urea groups is 1. The highest BCUT2D eigenvalue weighted by atomic mass is 35.5. The van der Waals surface area contributed by atoms with Crippen molar-refractivity contribution in [2.75, 3.05) is 25.0 Å². The zero-order valence-electron chi connectivity index (χ0n) is 11.7. The number of nitrogens with zero attached hydrogens (tertiary/aromatic N) is 2. The molecule has 0 saturated carbocycles. The van der Waals surface area contributed by atoms with Crippen molar-refractivity contribution in [2.45, 2.75) is 25.3 Å².